The molecule has 22 heavy (non-hydrogen) atoms. The summed E-state index contributed by atoms with van der Waals surface area (Å²) in [4.78, 5) is 4.70. The molecule has 0 bridgehead atoms. The number of thiazole rings is 1. The van der Waals surface area contributed by atoms with Gasteiger partial charge >= 0.3 is 0 Å². The highest BCUT2D eigenvalue weighted by atomic mass is 32.2. The fourth-order valence-electron chi connectivity index (χ4n) is 2.07. The number of benzene rings is 1. The van der Waals surface area contributed by atoms with Crippen molar-refractivity contribution in [3.05, 3.63) is 70.1 Å². The van der Waals surface area contributed by atoms with Crippen molar-refractivity contribution < 1.29 is 9.15 Å². The standard InChI is InChI=1S/C17H17NO2S2/c1-19-15-6-4-13(5-7-15)9-17-18-14(11-22-17)10-21-12-16-3-2-8-20-16/h2-8,11H,9-10,12H2,1H3. The van der Waals surface area contributed by atoms with E-state index in [1.807, 2.05) is 36.0 Å². The summed E-state index contributed by atoms with van der Waals surface area (Å²) in [5.74, 6) is 3.70. The first-order chi connectivity index (χ1) is 10.8. The molecule has 0 spiro atoms. The zero-order valence-electron chi connectivity index (χ0n) is 12.3. The molecule has 0 amide bonds. The lowest BCUT2D eigenvalue weighted by molar-refractivity contribution is 0.414. The summed E-state index contributed by atoms with van der Waals surface area (Å²) in [6.45, 7) is 0. The topological polar surface area (TPSA) is 35.3 Å². The molecule has 114 valence electrons. The lowest BCUT2D eigenvalue weighted by Gasteiger charge is -2.01. The van der Waals surface area contributed by atoms with Gasteiger partial charge in [0.05, 0.1) is 29.8 Å². The monoisotopic (exact) mass is 331 g/mol. The highest BCUT2D eigenvalue weighted by Crippen LogP contribution is 2.22. The van der Waals surface area contributed by atoms with Gasteiger partial charge in [-0.15, -0.1) is 23.1 Å². The molecular weight excluding hydrogens is 314 g/mol. The highest BCUT2D eigenvalue weighted by molar-refractivity contribution is 7.97. The zero-order chi connectivity index (χ0) is 15.2. The highest BCUT2D eigenvalue weighted by Gasteiger charge is 2.05. The molecular formula is C17H17NO2S2. The normalized spacial score (nSPS) is 10.8. The third-order valence-electron chi connectivity index (χ3n) is 3.19. The van der Waals surface area contributed by atoms with Gasteiger partial charge in [-0.05, 0) is 29.8 Å². The van der Waals surface area contributed by atoms with Crippen LogP contribution in [0.3, 0.4) is 0 Å². The Bertz CT molecular complexity index is 690. The molecule has 0 aliphatic heterocycles. The number of methoxy groups -OCH3 is 1. The molecule has 1 aromatic carbocycles. The van der Waals surface area contributed by atoms with Crippen LogP contribution >= 0.6 is 23.1 Å². The van der Waals surface area contributed by atoms with Gasteiger partial charge in [-0.2, -0.15) is 0 Å². The maximum absolute atomic E-state index is 5.33. The summed E-state index contributed by atoms with van der Waals surface area (Å²) in [5, 5.41) is 3.30. The SMILES string of the molecule is COc1ccc(Cc2nc(CSCc3ccco3)cs2)cc1. The first kappa shape index (κ1) is 15.2. The molecule has 3 rings (SSSR count). The minimum absolute atomic E-state index is 0.873. The number of furan rings is 1. The largest absolute Gasteiger partial charge is 0.497 e. The minimum atomic E-state index is 0.873. The van der Waals surface area contributed by atoms with Crippen LogP contribution in [0.4, 0.5) is 0 Å². The molecule has 3 aromatic rings. The molecule has 0 aliphatic carbocycles. The third kappa shape index (κ3) is 4.15. The van der Waals surface area contributed by atoms with Crippen molar-refractivity contribution in [3.63, 3.8) is 0 Å². The Labute approximate surface area is 138 Å². The van der Waals surface area contributed by atoms with Crippen LogP contribution in [0.1, 0.15) is 22.0 Å². The summed E-state index contributed by atoms with van der Waals surface area (Å²) in [5.41, 5.74) is 2.40. The molecule has 0 fully saturated rings. The number of nitrogens with zero attached hydrogens (tertiary/aromatic N) is 1. The van der Waals surface area contributed by atoms with Gasteiger partial charge in [0.2, 0.25) is 0 Å². The second-order valence-corrected chi connectivity index (χ2v) is 6.76. The van der Waals surface area contributed by atoms with Gasteiger partial charge in [0.25, 0.3) is 0 Å². The van der Waals surface area contributed by atoms with E-state index in [4.69, 9.17) is 14.1 Å². The van der Waals surface area contributed by atoms with Crippen LogP contribution in [-0.4, -0.2) is 12.1 Å². The van der Waals surface area contributed by atoms with Crippen molar-refractivity contribution in [2.75, 3.05) is 7.11 Å². The van der Waals surface area contributed by atoms with Crippen LogP contribution in [0.25, 0.3) is 0 Å². The van der Waals surface area contributed by atoms with E-state index in [9.17, 15) is 0 Å². The van der Waals surface area contributed by atoms with Crippen molar-refractivity contribution in [1.29, 1.82) is 0 Å². The smallest absolute Gasteiger partial charge is 0.118 e. The van der Waals surface area contributed by atoms with Gasteiger partial charge in [0.1, 0.15) is 11.5 Å². The Morgan fingerprint density at radius 1 is 1.18 bits per heavy atom. The maximum atomic E-state index is 5.33. The molecule has 0 saturated heterocycles. The summed E-state index contributed by atoms with van der Waals surface area (Å²) >= 11 is 3.55. The van der Waals surface area contributed by atoms with Gasteiger partial charge in [0.15, 0.2) is 0 Å². The van der Waals surface area contributed by atoms with Crippen LogP contribution in [0, 0.1) is 0 Å². The minimum Gasteiger partial charge on any atom is -0.497 e. The Hall–Kier alpha value is -1.72. The first-order valence-corrected chi connectivity index (χ1v) is 9.03. The third-order valence-corrected chi connectivity index (χ3v) is 5.07. The van der Waals surface area contributed by atoms with Gasteiger partial charge in [-0.1, -0.05) is 12.1 Å². The summed E-state index contributed by atoms with van der Waals surface area (Å²) in [6, 6.07) is 12.1. The molecule has 2 aromatic heterocycles. The average Bonchev–Trinajstić information content (AvgIpc) is 3.20. The second-order valence-electron chi connectivity index (χ2n) is 4.83. The number of aromatic nitrogens is 1. The van der Waals surface area contributed by atoms with Gasteiger partial charge < -0.3 is 9.15 Å². The van der Waals surface area contributed by atoms with Gasteiger partial charge in [-0.3, -0.25) is 0 Å². The van der Waals surface area contributed by atoms with Gasteiger partial charge in [-0.25, -0.2) is 4.98 Å². The molecule has 0 radical (unpaired) electrons. The van der Waals surface area contributed by atoms with E-state index >= 15 is 0 Å². The molecule has 0 aliphatic rings. The Balaban J connectivity index is 1.51. The molecule has 0 N–H and O–H groups in total. The van der Waals surface area contributed by atoms with Crippen molar-refractivity contribution in [3.8, 4) is 5.75 Å². The average molecular weight is 331 g/mol. The number of hydrogen-bond acceptors (Lipinski definition) is 5. The van der Waals surface area contributed by atoms with Crippen molar-refractivity contribution >= 4 is 23.1 Å². The molecule has 3 nitrogen and oxygen atoms in total. The molecule has 5 heteroatoms. The predicted octanol–water partition coefficient (Wildman–Crippen LogP) is 4.77. The van der Waals surface area contributed by atoms with Crippen molar-refractivity contribution in [2.45, 2.75) is 17.9 Å². The second kappa shape index (κ2) is 7.51. The van der Waals surface area contributed by atoms with Crippen LogP contribution in [-0.2, 0) is 17.9 Å². The molecule has 0 unspecified atom stereocenters. The van der Waals surface area contributed by atoms with E-state index < -0.39 is 0 Å². The number of rotatable bonds is 7. The summed E-state index contributed by atoms with van der Waals surface area (Å²) in [7, 11) is 1.68. The summed E-state index contributed by atoms with van der Waals surface area (Å²) in [6.07, 6.45) is 2.59. The first-order valence-electron chi connectivity index (χ1n) is 7.00. The van der Waals surface area contributed by atoms with Gasteiger partial charge in [0, 0.05) is 17.6 Å². The van der Waals surface area contributed by atoms with Crippen molar-refractivity contribution in [2.24, 2.45) is 0 Å². The Kier molecular flexibility index (Phi) is 5.19. The predicted molar refractivity (Wildman–Crippen MR) is 91.6 cm³/mol. The lowest BCUT2D eigenvalue weighted by Crippen LogP contribution is -1.89. The number of ether oxygens (including phenoxy) is 1. The van der Waals surface area contributed by atoms with E-state index in [1.54, 1.807) is 24.7 Å². The fourth-order valence-corrected chi connectivity index (χ4v) is 3.82. The van der Waals surface area contributed by atoms with Crippen molar-refractivity contribution in [1.82, 2.24) is 4.98 Å². The van der Waals surface area contributed by atoms with E-state index in [2.05, 4.69) is 17.5 Å². The lowest BCUT2D eigenvalue weighted by atomic mass is 10.1. The quantitative estimate of drug-likeness (QED) is 0.625. The molecule has 0 saturated carbocycles. The molecule has 2 heterocycles. The number of thioether (sulfide) groups is 1. The van der Waals surface area contributed by atoms with E-state index in [1.165, 1.54) is 5.56 Å². The van der Waals surface area contributed by atoms with E-state index in [-0.39, 0.29) is 0 Å². The summed E-state index contributed by atoms with van der Waals surface area (Å²) < 4.78 is 10.5. The van der Waals surface area contributed by atoms with Crippen LogP contribution in [0.5, 0.6) is 5.75 Å². The van der Waals surface area contributed by atoms with Crippen LogP contribution in [0.15, 0.2) is 52.5 Å². The van der Waals surface area contributed by atoms with Crippen LogP contribution < -0.4 is 4.74 Å². The van der Waals surface area contributed by atoms with Crippen LogP contribution in [0.2, 0.25) is 0 Å². The zero-order valence-corrected chi connectivity index (χ0v) is 14.0. The van der Waals surface area contributed by atoms with E-state index in [0.29, 0.717) is 0 Å². The molecule has 0 atom stereocenters. The van der Waals surface area contributed by atoms with E-state index in [0.717, 1.165) is 40.1 Å². The number of hydrogen-bond donors (Lipinski definition) is 0. The fraction of sp³-hybridized carbons (Fsp3) is 0.235. The Morgan fingerprint density at radius 3 is 2.77 bits per heavy atom. The maximum Gasteiger partial charge on any atom is 0.118 e. The Morgan fingerprint density at radius 2 is 2.05 bits per heavy atom.